The van der Waals surface area contributed by atoms with E-state index in [9.17, 15) is 9.59 Å². The highest BCUT2D eigenvalue weighted by Crippen LogP contribution is 2.31. The van der Waals surface area contributed by atoms with Crippen LogP contribution in [-0.2, 0) is 17.8 Å². The average molecular weight is 550 g/mol. The largest absolute Gasteiger partial charge is 0.327 e. The maximum absolute atomic E-state index is 13.6. The number of H-pyrrole nitrogens is 1. The van der Waals surface area contributed by atoms with E-state index in [0.717, 1.165) is 54.7 Å². The van der Waals surface area contributed by atoms with Crippen LogP contribution in [0.5, 0.6) is 0 Å². The Hall–Kier alpha value is -4.37. The highest BCUT2D eigenvalue weighted by molar-refractivity contribution is 6.04. The first-order chi connectivity index (χ1) is 20.2. The number of amides is 3. The Morgan fingerprint density at radius 2 is 1.54 bits per heavy atom. The first-order valence-electron chi connectivity index (χ1n) is 14.5. The van der Waals surface area contributed by atoms with Crippen LogP contribution in [0.4, 0.5) is 4.79 Å². The number of nitrogens with one attached hydrogen (secondary N) is 1. The molecular formula is C32H35N7O2. The van der Waals surface area contributed by atoms with Gasteiger partial charge < -0.3 is 9.80 Å². The number of benzene rings is 3. The molecule has 210 valence electrons. The summed E-state index contributed by atoms with van der Waals surface area (Å²) in [5, 5.41) is 14.5. The van der Waals surface area contributed by atoms with Crippen molar-refractivity contribution in [3.05, 3.63) is 90.0 Å². The number of aryl methyl sites for hydroxylation is 1. The molecule has 0 saturated carbocycles. The molecule has 0 aliphatic carbocycles. The van der Waals surface area contributed by atoms with Crippen molar-refractivity contribution < 1.29 is 9.59 Å². The Morgan fingerprint density at radius 1 is 0.805 bits per heavy atom. The first-order valence-corrected chi connectivity index (χ1v) is 14.5. The third kappa shape index (κ3) is 6.05. The second-order valence-corrected chi connectivity index (χ2v) is 10.8. The molecule has 0 spiro atoms. The van der Waals surface area contributed by atoms with Gasteiger partial charge in [-0.1, -0.05) is 78.9 Å². The van der Waals surface area contributed by atoms with Gasteiger partial charge in [0.05, 0.1) is 0 Å². The molecule has 4 aromatic rings. The minimum Gasteiger partial charge on any atom is -0.308 e. The zero-order valence-corrected chi connectivity index (χ0v) is 23.2. The summed E-state index contributed by atoms with van der Waals surface area (Å²) in [4.78, 5) is 32.9. The highest BCUT2D eigenvalue weighted by Gasteiger charge is 2.44. The van der Waals surface area contributed by atoms with Gasteiger partial charge >= 0.3 is 6.03 Å². The van der Waals surface area contributed by atoms with Crippen LogP contribution in [0.2, 0.25) is 0 Å². The second-order valence-electron chi connectivity index (χ2n) is 10.8. The molecule has 2 aliphatic heterocycles. The van der Waals surface area contributed by atoms with Crippen LogP contribution in [0.15, 0.2) is 78.9 Å². The minimum atomic E-state index is -0.465. The number of carbonyl (C=O) groups excluding carboxylic acids is 2. The van der Waals surface area contributed by atoms with Crippen molar-refractivity contribution in [1.82, 2.24) is 35.3 Å². The molecule has 3 amide bonds. The fraction of sp³-hybridized carbons (Fsp3) is 0.344. The number of hydrogen-bond donors (Lipinski definition) is 1. The predicted molar refractivity (Wildman–Crippen MR) is 157 cm³/mol. The van der Waals surface area contributed by atoms with E-state index >= 15 is 0 Å². The molecule has 2 saturated heterocycles. The molecule has 1 N–H and O–H groups in total. The minimum absolute atomic E-state index is 0.0713. The Bertz CT molecular complexity index is 1450. The number of aromatic nitrogens is 4. The third-order valence-electron chi connectivity index (χ3n) is 8.14. The summed E-state index contributed by atoms with van der Waals surface area (Å²) in [5.74, 6) is 0.468. The molecule has 1 atom stereocenters. The molecule has 9 nitrogen and oxygen atoms in total. The van der Waals surface area contributed by atoms with Crippen molar-refractivity contribution in [3.8, 4) is 22.5 Å². The van der Waals surface area contributed by atoms with Gasteiger partial charge in [0.25, 0.3) is 5.91 Å². The van der Waals surface area contributed by atoms with E-state index in [4.69, 9.17) is 0 Å². The van der Waals surface area contributed by atoms with Gasteiger partial charge in [-0.25, -0.2) is 4.79 Å². The molecule has 1 aromatic heterocycles. The zero-order valence-electron chi connectivity index (χ0n) is 23.2. The van der Waals surface area contributed by atoms with Crippen LogP contribution in [0.1, 0.15) is 36.8 Å². The van der Waals surface area contributed by atoms with E-state index in [1.54, 1.807) is 4.90 Å². The van der Waals surface area contributed by atoms with Gasteiger partial charge in [0.2, 0.25) is 5.82 Å². The summed E-state index contributed by atoms with van der Waals surface area (Å²) in [5.41, 5.74) is 5.06. The number of tetrazole rings is 1. The summed E-state index contributed by atoms with van der Waals surface area (Å²) >= 11 is 0. The lowest BCUT2D eigenvalue weighted by Crippen LogP contribution is -2.35. The van der Waals surface area contributed by atoms with Crippen LogP contribution in [0.25, 0.3) is 22.5 Å². The number of hydrogen-bond acceptors (Lipinski definition) is 6. The van der Waals surface area contributed by atoms with Crippen LogP contribution >= 0.6 is 0 Å². The van der Waals surface area contributed by atoms with Crippen molar-refractivity contribution in [1.29, 1.82) is 0 Å². The van der Waals surface area contributed by atoms with E-state index in [1.807, 2.05) is 66.7 Å². The second kappa shape index (κ2) is 12.4. The SMILES string of the molecule is O=C1[C@H](CCc2ccccc2)N(Cc2ccc(-c3ccccc3-c3nn[nH]n3)cc2)C(=O)N1CCCN1CCCC1. The van der Waals surface area contributed by atoms with Crippen LogP contribution in [0, 0.1) is 0 Å². The number of aromatic amines is 1. The summed E-state index contributed by atoms with van der Waals surface area (Å²) in [6, 6.07) is 25.6. The molecule has 6 rings (SSSR count). The molecule has 0 bridgehead atoms. The van der Waals surface area contributed by atoms with Gasteiger partial charge in [0, 0.05) is 18.7 Å². The predicted octanol–water partition coefficient (Wildman–Crippen LogP) is 4.79. The summed E-state index contributed by atoms with van der Waals surface area (Å²) in [6.45, 7) is 4.02. The maximum atomic E-state index is 13.6. The Morgan fingerprint density at radius 3 is 2.27 bits per heavy atom. The molecule has 9 heteroatoms. The summed E-state index contributed by atoms with van der Waals surface area (Å²) in [7, 11) is 0. The fourth-order valence-electron chi connectivity index (χ4n) is 5.96. The van der Waals surface area contributed by atoms with E-state index in [-0.39, 0.29) is 11.9 Å². The van der Waals surface area contributed by atoms with E-state index < -0.39 is 6.04 Å². The topological polar surface area (TPSA) is 98.3 Å². The van der Waals surface area contributed by atoms with Crippen molar-refractivity contribution in [2.24, 2.45) is 0 Å². The number of urea groups is 1. The zero-order chi connectivity index (χ0) is 28.0. The lowest BCUT2D eigenvalue weighted by molar-refractivity contribution is -0.128. The van der Waals surface area contributed by atoms with E-state index in [1.165, 1.54) is 23.3 Å². The number of rotatable bonds is 11. The Kier molecular flexibility index (Phi) is 8.13. The van der Waals surface area contributed by atoms with Crippen molar-refractivity contribution in [2.45, 2.75) is 44.7 Å². The Labute approximate surface area is 240 Å². The molecule has 3 heterocycles. The maximum Gasteiger partial charge on any atom is 0.327 e. The van der Waals surface area contributed by atoms with Gasteiger partial charge in [-0.05, 0) is 79.2 Å². The van der Waals surface area contributed by atoms with E-state index in [0.29, 0.717) is 25.3 Å². The smallest absolute Gasteiger partial charge is 0.308 e. The standard InChI is InChI=1S/C32H35N7O2/c40-31-29(18-15-24-9-2-1-3-10-24)39(32(41)38(31)22-8-21-37-19-6-7-20-37)23-25-13-16-26(17-14-25)27-11-4-5-12-28(27)30-33-35-36-34-30/h1-5,9-14,16-17,29H,6-8,15,18-23H2,(H,33,34,35,36)/t29-/m0/s1. The summed E-state index contributed by atoms with van der Waals surface area (Å²) < 4.78 is 0. The molecule has 2 aliphatic rings. The van der Waals surface area contributed by atoms with Gasteiger partial charge in [0.15, 0.2) is 0 Å². The normalized spacial score (nSPS) is 17.6. The number of carbonyl (C=O) groups is 2. The van der Waals surface area contributed by atoms with Crippen molar-refractivity contribution in [2.75, 3.05) is 26.2 Å². The molecule has 41 heavy (non-hydrogen) atoms. The highest BCUT2D eigenvalue weighted by atomic mass is 16.2. The monoisotopic (exact) mass is 549 g/mol. The van der Waals surface area contributed by atoms with Crippen LogP contribution in [-0.4, -0.2) is 79.5 Å². The van der Waals surface area contributed by atoms with Crippen LogP contribution in [0.3, 0.4) is 0 Å². The fourth-order valence-corrected chi connectivity index (χ4v) is 5.96. The Balaban J connectivity index is 1.18. The van der Waals surface area contributed by atoms with Crippen molar-refractivity contribution in [3.63, 3.8) is 0 Å². The van der Waals surface area contributed by atoms with Gasteiger partial charge in [-0.3, -0.25) is 9.69 Å². The van der Waals surface area contributed by atoms with E-state index in [2.05, 4.69) is 37.7 Å². The quantitative estimate of drug-likeness (QED) is 0.270. The average Bonchev–Trinajstić information content (AvgIpc) is 3.78. The van der Waals surface area contributed by atoms with Gasteiger partial charge in [-0.2, -0.15) is 5.21 Å². The lowest BCUT2D eigenvalue weighted by atomic mass is 9.98. The van der Waals surface area contributed by atoms with Crippen molar-refractivity contribution >= 4 is 11.9 Å². The number of imide groups is 1. The molecule has 0 unspecified atom stereocenters. The lowest BCUT2D eigenvalue weighted by Gasteiger charge is -2.22. The molecule has 0 radical (unpaired) electrons. The first kappa shape index (κ1) is 26.8. The number of nitrogens with zero attached hydrogens (tertiary/aromatic N) is 6. The molecule has 2 fully saturated rings. The third-order valence-corrected chi connectivity index (χ3v) is 8.14. The van der Waals surface area contributed by atoms with Gasteiger partial charge in [-0.15, -0.1) is 10.2 Å². The summed E-state index contributed by atoms with van der Waals surface area (Å²) in [6.07, 6.45) is 4.63. The van der Waals surface area contributed by atoms with Gasteiger partial charge in [0.1, 0.15) is 6.04 Å². The number of likely N-dealkylation sites (tertiary alicyclic amines) is 1. The molecule has 3 aromatic carbocycles. The molecular weight excluding hydrogens is 514 g/mol. The van der Waals surface area contributed by atoms with Crippen LogP contribution < -0.4 is 0 Å².